The Morgan fingerprint density at radius 1 is 1.28 bits per heavy atom. The molecule has 18 heavy (non-hydrogen) atoms. The fraction of sp³-hybridized carbons (Fsp3) is 0. The van der Waals surface area contributed by atoms with Gasteiger partial charge in [0.15, 0.2) is 0 Å². The molecule has 0 bridgehead atoms. The van der Waals surface area contributed by atoms with Gasteiger partial charge in [-0.05, 0) is 24.3 Å². The van der Waals surface area contributed by atoms with Crippen LogP contribution >= 0.6 is 11.8 Å². The summed E-state index contributed by atoms with van der Waals surface area (Å²) in [5.41, 5.74) is 0.660. The molecule has 2 rings (SSSR count). The zero-order valence-corrected chi connectivity index (χ0v) is 9.89. The van der Waals surface area contributed by atoms with Crippen LogP contribution in [-0.4, -0.2) is 21.0 Å². The summed E-state index contributed by atoms with van der Waals surface area (Å²) < 4.78 is 0. The minimum absolute atomic E-state index is 0.137. The molecular weight excluding hydrogens is 250 g/mol. The molecule has 2 aromatic rings. The van der Waals surface area contributed by atoms with Gasteiger partial charge >= 0.3 is 5.97 Å². The van der Waals surface area contributed by atoms with Crippen LogP contribution in [0.1, 0.15) is 15.9 Å². The maximum atomic E-state index is 10.7. The second-order valence-electron chi connectivity index (χ2n) is 3.29. The fourth-order valence-electron chi connectivity index (χ4n) is 1.21. The Hall–Kier alpha value is -2.39. The first-order valence-corrected chi connectivity index (χ1v) is 5.74. The largest absolute Gasteiger partial charge is 0.478 e. The van der Waals surface area contributed by atoms with Crippen LogP contribution in [0.3, 0.4) is 0 Å². The molecule has 0 aliphatic rings. The standard InChI is InChI=1S/C12H7N3O2S/c13-6-8-3-4-14-11(5-8)18-10-2-1-9(7-15-10)12(16)17/h1-5,7H,(H,16,17). The van der Waals surface area contributed by atoms with E-state index in [0.717, 1.165) is 0 Å². The molecule has 6 heteroatoms. The minimum Gasteiger partial charge on any atom is -0.478 e. The van der Waals surface area contributed by atoms with Crippen molar-refractivity contribution in [3.63, 3.8) is 0 Å². The SMILES string of the molecule is N#Cc1ccnc(Sc2ccc(C(=O)O)cn2)c1. The molecule has 5 nitrogen and oxygen atoms in total. The predicted octanol–water partition coefficient (Wildman–Crippen LogP) is 2.20. The molecule has 2 heterocycles. The van der Waals surface area contributed by atoms with E-state index in [4.69, 9.17) is 10.4 Å². The summed E-state index contributed by atoms with van der Waals surface area (Å²) in [6.45, 7) is 0. The molecule has 0 aliphatic carbocycles. The topological polar surface area (TPSA) is 86.9 Å². The van der Waals surface area contributed by atoms with E-state index >= 15 is 0 Å². The van der Waals surface area contributed by atoms with E-state index in [9.17, 15) is 4.79 Å². The number of carbonyl (C=O) groups is 1. The number of hydrogen-bond acceptors (Lipinski definition) is 5. The Kier molecular flexibility index (Phi) is 3.55. The van der Waals surface area contributed by atoms with Crippen molar-refractivity contribution in [1.29, 1.82) is 5.26 Å². The molecule has 0 saturated heterocycles. The smallest absolute Gasteiger partial charge is 0.337 e. The van der Waals surface area contributed by atoms with Crippen LogP contribution in [0.25, 0.3) is 0 Å². The zero-order chi connectivity index (χ0) is 13.0. The van der Waals surface area contributed by atoms with Gasteiger partial charge in [-0.1, -0.05) is 11.8 Å². The molecule has 2 aromatic heterocycles. The van der Waals surface area contributed by atoms with Crippen molar-refractivity contribution in [2.75, 3.05) is 0 Å². The normalized spacial score (nSPS) is 9.72. The lowest BCUT2D eigenvalue weighted by molar-refractivity contribution is 0.0696. The monoisotopic (exact) mass is 257 g/mol. The van der Waals surface area contributed by atoms with Gasteiger partial charge in [-0.3, -0.25) is 0 Å². The Morgan fingerprint density at radius 3 is 2.72 bits per heavy atom. The van der Waals surface area contributed by atoms with Crippen molar-refractivity contribution in [3.05, 3.63) is 47.8 Å². The van der Waals surface area contributed by atoms with Crippen LogP contribution in [0.15, 0.2) is 46.7 Å². The summed E-state index contributed by atoms with van der Waals surface area (Å²) in [4.78, 5) is 18.8. The molecule has 0 aliphatic heterocycles. The predicted molar refractivity (Wildman–Crippen MR) is 64.3 cm³/mol. The third-order valence-electron chi connectivity index (χ3n) is 2.06. The van der Waals surface area contributed by atoms with E-state index in [0.29, 0.717) is 15.6 Å². The third kappa shape index (κ3) is 2.84. The lowest BCUT2D eigenvalue weighted by atomic mass is 10.3. The van der Waals surface area contributed by atoms with Gasteiger partial charge in [0.2, 0.25) is 0 Å². The summed E-state index contributed by atoms with van der Waals surface area (Å²) >= 11 is 1.27. The van der Waals surface area contributed by atoms with E-state index in [2.05, 4.69) is 9.97 Å². The maximum absolute atomic E-state index is 10.7. The maximum Gasteiger partial charge on any atom is 0.337 e. The molecule has 1 N–H and O–H groups in total. The van der Waals surface area contributed by atoms with E-state index in [1.54, 1.807) is 24.4 Å². The molecule has 0 aromatic carbocycles. The Bertz CT molecular complexity index is 620. The van der Waals surface area contributed by atoms with Gasteiger partial charge in [-0.25, -0.2) is 14.8 Å². The average molecular weight is 257 g/mol. The van der Waals surface area contributed by atoms with Crippen LogP contribution < -0.4 is 0 Å². The molecular formula is C12H7N3O2S. The summed E-state index contributed by atoms with van der Waals surface area (Å²) in [6.07, 6.45) is 2.84. The summed E-state index contributed by atoms with van der Waals surface area (Å²) in [7, 11) is 0. The number of aromatic carboxylic acids is 1. The van der Waals surface area contributed by atoms with Gasteiger partial charge in [-0.2, -0.15) is 5.26 Å². The van der Waals surface area contributed by atoms with Gasteiger partial charge < -0.3 is 5.11 Å². The van der Waals surface area contributed by atoms with Crippen molar-refractivity contribution in [1.82, 2.24) is 9.97 Å². The summed E-state index contributed by atoms with van der Waals surface area (Å²) in [5, 5.41) is 18.8. The molecule has 0 amide bonds. The second kappa shape index (κ2) is 5.29. The third-order valence-corrected chi connectivity index (χ3v) is 2.94. The molecule has 0 unspecified atom stereocenters. The number of pyridine rings is 2. The van der Waals surface area contributed by atoms with Crippen molar-refractivity contribution in [2.45, 2.75) is 10.1 Å². The lowest BCUT2D eigenvalue weighted by Crippen LogP contribution is -1.96. The number of nitriles is 1. The van der Waals surface area contributed by atoms with Gasteiger partial charge in [0.05, 0.1) is 17.2 Å². The van der Waals surface area contributed by atoms with E-state index in [1.807, 2.05) is 6.07 Å². The summed E-state index contributed by atoms with van der Waals surface area (Å²) in [5.74, 6) is -1.01. The molecule has 0 radical (unpaired) electrons. The molecule has 0 spiro atoms. The fourth-order valence-corrected chi connectivity index (χ4v) is 1.96. The van der Waals surface area contributed by atoms with Crippen LogP contribution in [0.4, 0.5) is 0 Å². The number of aromatic nitrogens is 2. The van der Waals surface area contributed by atoms with Gasteiger partial charge in [0.1, 0.15) is 10.1 Å². The average Bonchev–Trinajstić information content (AvgIpc) is 2.39. The molecule has 0 fully saturated rings. The van der Waals surface area contributed by atoms with E-state index in [1.165, 1.54) is 24.0 Å². The van der Waals surface area contributed by atoms with Crippen LogP contribution in [0.2, 0.25) is 0 Å². The first-order chi connectivity index (χ1) is 8.69. The van der Waals surface area contributed by atoms with Crippen LogP contribution in [0.5, 0.6) is 0 Å². The number of hydrogen-bond donors (Lipinski definition) is 1. The van der Waals surface area contributed by atoms with Gasteiger partial charge in [-0.15, -0.1) is 0 Å². The highest BCUT2D eigenvalue weighted by Crippen LogP contribution is 2.24. The zero-order valence-electron chi connectivity index (χ0n) is 9.07. The Morgan fingerprint density at radius 2 is 2.11 bits per heavy atom. The van der Waals surface area contributed by atoms with Crippen molar-refractivity contribution in [2.24, 2.45) is 0 Å². The second-order valence-corrected chi connectivity index (χ2v) is 4.33. The highest BCUT2D eigenvalue weighted by Gasteiger charge is 2.05. The van der Waals surface area contributed by atoms with Crippen molar-refractivity contribution >= 4 is 17.7 Å². The summed E-state index contributed by atoms with van der Waals surface area (Å²) in [6, 6.07) is 8.38. The quantitative estimate of drug-likeness (QED) is 0.906. The Balaban J connectivity index is 2.18. The molecule has 0 saturated carbocycles. The first kappa shape index (κ1) is 12.1. The van der Waals surface area contributed by atoms with Crippen LogP contribution in [-0.2, 0) is 0 Å². The Labute approximate surface area is 107 Å². The highest BCUT2D eigenvalue weighted by atomic mass is 32.2. The first-order valence-electron chi connectivity index (χ1n) is 4.92. The van der Waals surface area contributed by atoms with Crippen LogP contribution in [0, 0.1) is 11.3 Å². The van der Waals surface area contributed by atoms with E-state index < -0.39 is 5.97 Å². The number of nitrogens with zero attached hydrogens (tertiary/aromatic N) is 3. The molecule has 0 atom stereocenters. The number of carboxylic acids is 1. The van der Waals surface area contributed by atoms with Crippen molar-refractivity contribution < 1.29 is 9.90 Å². The van der Waals surface area contributed by atoms with Gasteiger partial charge in [0, 0.05) is 12.4 Å². The number of rotatable bonds is 3. The molecule has 88 valence electrons. The highest BCUT2D eigenvalue weighted by molar-refractivity contribution is 7.99. The minimum atomic E-state index is -1.01. The van der Waals surface area contributed by atoms with E-state index in [-0.39, 0.29) is 5.56 Å². The lowest BCUT2D eigenvalue weighted by Gasteiger charge is -2.00. The van der Waals surface area contributed by atoms with Crippen molar-refractivity contribution in [3.8, 4) is 6.07 Å². The van der Waals surface area contributed by atoms with Gasteiger partial charge in [0.25, 0.3) is 0 Å². The number of carboxylic acid groups (broad SMARTS) is 1.